The molecule has 4 nitrogen and oxygen atoms in total. The van der Waals surface area contributed by atoms with Gasteiger partial charge in [-0.25, -0.2) is 0 Å². The summed E-state index contributed by atoms with van der Waals surface area (Å²) in [6.07, 6.45) is 3.20. The van der Waals surface area contributed by atoms with Gasteiger partial charge in [-0.1, -0.05) is 13.8 Å². The smallest absolute Gasteiger partial charge is 0.198 e. The van der Waals surface area contributed by atoms with Crippen LogP contribution in [0.15, 0.2) is 29.2 Å². The number of Topliss-reactive ketones (excluding diaryl/α,β-unsaturated/α-hetero) is 1. The number of ketones is 1. The van der Waals surface area contributed by atoms with E-state index in [0.29, 0.717) is 17.3 Å². The van der Waals surface area contributed by atoms with Gasteiger partial charge in [0.15, 0.2) is 10.8 Å². The molecule has 2 N–H and O–H groups in total. The van der Waals surface area contributed by atoms with Crippen LogP contribution in [0.2, 0.25) is 0 Å². The lowest BCUT2D eigenvalue weighted by Crippen LogP contribution is -2.34. The second-order valence-electron chi connectivity index (χ2n) is 7.15. The number of nitrogens with zero attached hydrogens (tertiary/aromatic N) is 1. The van der Waals surface area contributed by atoms with E-state index in [1.807, 2.05) is 23.8 Å². The van der Waals surface area contributed by atoms with Crippen molar-refractivity contribution in [3.8, 4) is 0 Å². The molecule has 0 radical (unpaired) electrons. The SMILES string of the molecule is Cc1ccn2c1C1C3=C(CC(C)(C)CC3=O)OC(=S)C1=C2N. The van der Waals surface area contributed by atoms with E-state index in [-0.39, 0.29) is 17.1 Å². The quantitative estimate of drug-likeness (QED) is 0.748. The normalized spacial score (nSPS) is 25.9. The summed E-state index contributed by atoms with van der Waals surface area (Å²) in [5, 5.41) is 0.412. The minimum Gasteiger partial charge on any atom is -0.449 e. The molecular formula is C17H18N2O2S. The summed E-state index contributed by atoms with van der Waals surface area (Å²) >= 11 is 5.44. The third kappa shape index (κ3) is 1.63. The number of allylic oxidation sites excluding steroid dienone is 2. The third-order valence-corrected chi connectivity index (χ3v) is 5.14. The Hall–Kier alpha value is -1.88. The molecule has 114 valence electrons. The van der Waals surface area contributed by atoms with Crippen molar-refractivity contribution in [1.82, 2.24) is 4.57 Å². The molecule has 0 aromatic carbocycles. The predicted molar refractivity (Wildman–Crippen MR) is 88.0 cm³/mol. The minimum absolute atomic E-state index is 0.0893. The molecule has 0 saturated heterocycles. The number of aryl methyl sites for hydroxylation is 1. The predicted octanol–water partition coefficient (Wildman–Crippen LogP) is 3.02. The van der Waals surface area contributed by atoms with Gasteiger partial charge in [0.05, 0.1) is 11.5 Å². The fourth-order valence-corrected chi connectivity index (χ4v) is 4.22. The van der Waals surface area contributed by atoms with Gasteiger partial charge < -0.3 is 15.0 Å². The maximum atomic E-state index is 12.8. The minimum atomic E-state index is -0.158. The van der Waals surface area contributed by atoms with Gasteiger partial charge in [0.25, 0.3) is 0 Å². The molecule has 1 aliphatic carbocycles. The lowest BCUT2D eigenvalue weighted by atomic mass is 9.71. The number of carbonyl (C=O) groups is 1. The summed E-state index contributed by atoms with van der Waals surface area (Å²) in [7, 11) is 0. The van der Waals surface area contributed by atoms with Crippen LogP contribution in [0.5, 0.6) is 0 Å². The van der Waals surface area contributed by atoms with Gasteiger partial charge in [-0.05, 0) is 36.2 Å². The number of thiocarbonyl (C=S) groups is 1. The largest absolute Gasteiger partial charge is 0.449 e. The molecule has 22 heavy (non-hydrogen) atoms. The first-order valence-electron chi connectivity index (χ1n) is 7.46. The van der Waals surface area contributed by atoms with Crippen LogP contribution < -0.4 is 5.73 Å². The highest BCUT2D eigenvalue weighted by atomic mass is 32.1. The zero-order valence-corrected chi connectivity index (χ0v) is 13.7. The average Bonchev–Trinajstić information content (AvgIpc) is 2.89. The van der Waals surface area contributed by atoms with Gasteiger partial charge in [-0.3, -0.25) is 4.79 Å². The summed E-state index contributed by atoms with van der Waals surface area (Å²) < 4.78 is 7.80. The fraction of sp³-hybridized carbons (Fsp3) is 0.412. The van der Waals surface area contributed by atoms with Gasteiger partial charge in [0.2, 0.25) is 0 Å². The summed E-state index contributed by atoms with van der Waals surface area (Å²) in [6, 6.07) is 2.02. The monoisotopic (exact) mass is 314 g/mol. The van der Waals surface area contributed by atoms with Gasteiger partial charge in [0, 0.05) is 30.3 Å². The Morgan fingerprint density at radius 2 is 2.09 bits per heavy atom. The zero-order valence-electron chi connectivity index (χ0n) is 12.9. The molecule has 0 fully saturated rings. The second-order valence-corrected chi connectivity index (χ2v) is 7.52. The summed E-state index contributed by atoms with van der Waals surface area (Å²) in [5.41, 5.74) is 9.89. The first-order chi connectivity index (χ1) is 10.3. The van der Waals surface area contributed by atoms with Crippen molar-refractivity contribution in [3.63, 3.8) is 0 Å². The van der Waals surface area contributed by atoms with Crippen LogP contribution in [-0.2, 0) is 9.53 Å². The Morgan fingerprint density at radius 1 is 1.36 bits per heavy atom. The molecule has 1 unspecified atom stereocenters. The number of hydrogen-bond acceptors (Lipinski definition) is 4. The highest BCUT2D eigenvalue weighted by Gasteiger charge is 2.48. The van der Waals surface area contributed by atoms with Crippen molar-refractivity contribution in [2.75, 3.05) is 0 Å². The second kappa shape index (κ2) is 4.10. The van der Waals surface area contributed by atoms with Crippen LogP contribution in [0, 0.1) is 12.3 Å². The maximum absolute atomic E-state index is 12.8. The number of rotatable bonds is 0. The standard InChI is InChI=1S/C17H18N2O2S/c1-8-4-5-19-14(8)12-11-9(20)6-17(2,3)7-10(11)21-16(22)13(12)15(19)18/h4-5,12H,6-7,18H2,1-3H3. The van der Waals surface area contributed by atoms with Gasteiger partial charge in [-0.15, -0.1) is 0 Å². The Morgan fingerprint density at radius 3 is 2.82 bits per heavy atom. The number of hydrogen-bond donors (Lipinski definition) is 1. The maximum Gasteiger partial charge on any atom is 0.198 e. The molecule has 3 heterocycles. The first kappa shape index (κ1) is 13.8. The zero-order chi connectivity index (χ0) is 15.8. The van der Waals surface area contributed by atoms with E-state index in [4.69, 9.17) is 22.7 Å². The lowest BCUT2D eigenvalue weighted by Gasteiger charge is -2.37. The highest BCUT2D eigenvalue weighted by molar-refractivity contribution is 7.80. The third-order valence-electron chi connectivity index (χ3n) is 4.84. The molecular weight excluding hydrogens is 296 g/mol. The number of nitrogens with two attached hydrogens (primary N) is 1. The Balaban J connectivity index is 1.98. The van der Waals surface area contributed by atoms with Crippen LogP contribution in [0.25, 0.3) is 5.82 Å². The molecule has 5 heteroatoms. The van der Waals surface area contributed by atoms with Crippen LogP contribution >= 0.6 is 12.2 Å². The van der Waals surface area contributed by atoms with Crippen molar-refractivity contribution < 1.29 is 9.53 Å². The van der Waals surface area contributed by atoms with E-state index in [0.717, 1.165) is 34.6 Å². The van der Waals surface area contributed by atoms with Crippen LogP contribution in [0.4, 0.5) is 0 Å². The molecule has 4 rings (SSSR count). The van der Waals surface area contributed by atoms with Crippen LogP contribution in [-0.4, -0.2) is 15.4 Å². The number of aromatic nitrogens is 1. The number of ether oxygens (including phenoxy) is 1. The van der Waals surface area contributed by atoms with E-state index >= 15 is 0 Å². The van der Waals surface area contributed by atoms with E-state index < -0.39 is 0 Å². The van der Waals surface area contributed by atoms with E-state index in [2.05, 4.69) is 13.8 Å². The highest BCUT2D eigenvalue weighted by Crippen LogP contribution is 2.52. The molecule has 1 aromatic heterocycles. The summed E-state index contributed by atoms with van der Waals surface area (Å²) in [4.78, 5) is 12.8. The van der Waals surface area contributed by atoms with Crippen LogP contribution in [0.3, 0.4) is 0 Å². The van der Waals surface area contributed by atoms with Crippen molar-refractivity contribution in [3.05, 3.63) is 40.4 Å². The van der Waals surface area contributed by atoms with Crippen molar-refractivity contribution in [1.29, 1.82) is 0 Å². The molecule has 1 atom stereocenters. The van der Waals surface area contributed by atoms with Crippen molar-refractivity contribution in [2.24, 2.45) is 11.1 Å². The van der Waals surface area contributed by atoms with Crippen molar-refractivity contribution >= 4 is 28.9 Å². The van der Waals surface area contributed by atoms with Crippen LogP contribution in [0.1, 0.15) is 43.9 Å². The van der Waals surface area contributed by atoms with Gasteiger partial charge in [-0.2, -0.15) is 0 Å². The first-order valence-corrected chi connectivity index (χ1v) is 7.87. The van der Waals surface area contributed by atoms with Gasteiger partial charge >= 0.3 is 0 Å². The molecule has 2 aliphatic heterocycles. The van der Waals surface area contributed by atoms with E-state index in [1.54, 1.807) is 0 Å². The Kier molecular flexibility index (Phi) is 2.57. The van der Waals surface area contributed by atoms with E-state index in [1.165, 1.54) is 0 Å². The Labute approximate surface area is 134 Å². The molecule has 0 spiro atoms. The van der Waals surface area contributed by atoms with Crippen molar-refractivity contribution in [2.45, 2.75) is 39.5 Å². The number of carbonyl (C=O) groups excluding carboxylic acids is 1. The lowest BCUT2D eigenvalue weighted by molar-refractivity contribution is -0.118. The summed E-state index contributed by atoms with van der Waals surface area (Å²) in [5.74, 6) is 1.32. The summed E-state index contributed by atoms with van der Waals surface area (Å²) in [6.45, 7) is 6.21. The molecule has 3 aliphatic rings. The van der Waals surface area contributed by atoms with E-state index in [9.17, 15) is 4.79 Å². The average molecular weight is 314 g/mol. The number of fused-ring (bicyclic) bond motifs is 4. The fourth-order valence-electron chi connectivity index (χ4n) is 3.89. The molecule has 1 aromatic rings. The molecule has 0 saturated carbocycles. The topological polar surface area (TPSA) is 57.2 Å². The van der Waals surface area contributed by atoms with Gasteiger partial charge in [0.1, 0.15) is 11.6 Å². The molecule has 0 bridgehead atoms. The Bertz CT molecular complexity index is 811. The molecule has 0 amide bonds.